The van der Waals surface area contributed by atoms with Crippen molar-refractivity contribution in [2.24, 2.45) is 0 Å². The summed E-state index contributed by atoms with van der Waals surface area (Å²) >= 11 is 0. The Morgan fingerprint density at radius 3 is 2.87 bits per heavy atom. The van der Waals surface area contributed by atoms with Crippen molar-refractivity contribution in [1.82, 2.24) is 0 Å². The van der Waals surface area contributed by atoms with Gasteiger partial charge in [0.05, 0.1) is 6.61 Å². The summed E-state index contributed by atoms with van der Waals surface area (Å²) in [5.74, 6) is -0.329. The van der Waals surface area contributed by atoms with Crippen LogP contribution >= 0.6 is 0 Å². The molecule has 3 heteroatoms. The van der Waals surface area contributed by atoms with Crippen molar-refractivity contribution in [3.05, 3.63) is 35.1 Å². The molecule has 0 aromatic heterocycles. The highest BCUT2D eigenvalue weighted by Gasteiger charge is 2.11. The first-order valence-electron chi connectivity index (χ1n) is 5.17. The normalized spacial score (nSPS) is 12.8. The second-order valence-electron chi connectivity index (χ2n) is 3.59. The van der Waals surface area contributed by atoms with Gasteiger partial charge in [0.25, 0.3) is 0 Å². The number of hydrogen-bond acceptors (Lipinski definition) is 2. The number of aryl methyl sites for hydroxylation is 1. The third kappa shape index (κ3) is 3.61. The van der Waals surface area contributed by atoms with Gasteiger partial charge in [0.15, 0.2) is 0 Å². The number of aliphatic hydroxyl groups is 1. The molecule has 1 unspecified atom stereocenters. The number of halogens is 1. The molecule has 84 valence electrons. The molecule has 1 atom stereocenters. The predicted octanol–water partition coefficient (Wildman–Crippen LogP) is 2.59. The van der Waals surface area contributed by atoms with Crippen molar-refractivity contribution in [1.29, 1.82) is 0 Å². The lowest BCUT2D eigenvalue weighted by Gasteiger charge is -2.13. The quantitative estimate of drug-likeness (QED) is 0.760. The van der Waals surface area contributed by atoms with E-state index in [1.54, 1.807) is 6.07 Å². The summed E-state index contributed by atoms with van der Waals surface area (Å²) in [6, 6.07) is 4.40. The zero-order valence-electron chi connectivity index (χ0n) is 9.16. The number of hydrogen-bond donors (Lipinski definition) is 1. The number of benzene rings is 1. The second kappa shape index (κ2) is 5.83. The average molecular weight is 212 g/mol. The van der Waals surface area contributed by atoms with E-state index in [1.807, 2.05) is 13.8 Å². The van der Waals surface area contributed by atoms with E-state index in [9.17, 15) is 9.50 Å². The van der Waals surface area contributed by atoms with Crippen LogP contribution in [0.2, 0.25) is 0 Å². The van der Waals surface area contributed by atoms with E-state index in [0.717, 1.165) is 12.0 Å². The fourth-order valence-corrected chi connectivity index (χ4v) is 1.40. The van der Waals surface area contributed by atoms with Crippen molar-refractivity contribution in [2.45, 2.75) is 26.4 Å². The van der Waals surface area contributed by atoms with Crippen LogP contribution in [0.1, 0.15) is 30.6 Å². The molecule has 0 spiro atoms. The maximum Gasteiger partial charge on any atom is 0.123 e. The Morgan fingerprint density at radius 1 is 1.47 bits per heavy atom. The molecule has 0 aliphatic carbocycles. The molecule has 0 fully saturated rings. The maximum atomic E-state index is 12.9. The molecule has 1 aromatic rings. The fraction of sp³-hybridized carbons (Fsp3) is 0.500. The molecule has 0 aliphatic heterocycles. The Balaban J connectivity index is 2.64. The lowest BCUT2D eigenvalue weighted by Crippen LogP contribution is -2.09. The third-order valence-corrected chi connectivity index (χ3v) is 2.22. The zero-order valence-corrected chi connectivity index (χ0v) is 9.16. The van der Waals surface area contributed by atoms with E-state index in [2.05, 4.69) is 0 Å². The summed E-state index contributed by atoms with van der Waals surface area (Å²) in [6.07, 6.45) is 0.168. The van der Waals surface area contributed by atoms with Gasteiger partial charge in [0, 0.05) is 6.61 Å². The number of rotatable bonds is 5. The Kier molecular flexibility index (Phi) is 4.72. The van der Waals surface area contributed by atoms with E-state index in [4.69, 9.17) is 4.74 Å². The first-order chi connectivity index (χ1) is 7.15. The summed E-state index contributed by atoms with van der Waals surface area (Å²) in [7, 11) is 0. The molecule has 0 radical (unpaired) electrons. The molecule has 0 saturated carbocycles. The van der Waals surface area contributed by atoms with Crippen LogP contribution in [0.25, 0.3) is 0 Å². The van der Waals surface area contributed by atoms with Gasteiger partial charge in [0.1, 0.15) is 11.9 Å². The van der Waals surface area contributed by atoms with Crippen molar-refractivity contribution in [3.63, 3.8) is 0 Å². The molecule has 0 amide bonds. The van der Waals surface area contributed by atoms with E-state index < -0.39 is 6.10 Å². The van der Waals surface area contributed by atoms with Gasteiger partial charge in [-0.15, -0.1) is 0 Å². The highest BCUT2D eigenvalue weighted by molar-refractivity contribution is 5.28. The van der Waals surface area contributed by atoms with Crippen LogP contribution in [0.5, 0.6) is 0 Å². The maximum absolute atomic E-state index is 12.9. The second-order valence-corrected chi connectivity index (χ2v) is 3.59. The Bertz CT molecular complexity index is 312. The minimum absolute atomic E-state index is 0.220. The van der Waals surface area contributed by atoms with Crippen molar-refractivity contribution >= 4 is 0 Å². The van der Waals surface area contributed by atoms with Crippen LogP contribution in [0, 0.1) is 12.7 Å². The van der Waals surface area contributed by atoms with Crippen molar-refractivity contribution in [3.8, 4) is 0 Å². The number of ether oxygens (including phenoxy) is 1. The first-order valence-corrected chi connectivity index (χ1v) is 5.17. The summed E-state index contributed by atoms with van der Waals surface area (Å²) in [5, 5.41) is 9.76. The van der Waals surface area contributed by atoms with Crippen LogP contribution in [0.3, 0.4) is 0 Å². The minimum Gasteiger partial charge on any atom is -0.386 e. The SMILES string of the molecule is CCCOCC(O)c1cc(F)ccc1C. The molecule has 1 aromatic carbocycles. The molecule has 1 N–H and O–H groups in total. The highest BCUT2D eigenvalue weighted by atomic mass is 19.1. The lowest BCUT2D eigenvalue weighted by atomic mass is 10.0. The fourth-order valence-electron chi connectivity index (χ4n) is 1.40. The standard InChI is InChI=1S/C12H17FO2/c1-3-6-15-8-12(14)11-7-10(13)5-4-9(11)2/h4-5,7,12,14H,3,6,8H2,1-2H3. The van der Waals surface area contributed by atoms with Gasteiger partial charge >= 0.3 is 0 Å². The predicted molar refractivity (Wildman–Crippen MR) is 57.2 cm³/mol. The smallest absolute Gasteiger partial charge is 0.123 e. The molecule has 1 rings (SSSR count). The molecule has 2 nitrogen and oxygen atoms in total. The average Bonchev–Trinajstić information content (AvgIpc) is 2.22. The summed E-state index contributed by atoms with van der Waals surface area (Å²) in [6.45, 7) is 4.68. The van der Waals surface area contributed by atoms with Crippen LogP contribution < -0.4 is 0 Å². The first kappa shape index (κ1) is 12.1. The molecular weight excluding hydrogens is 195 g/mol. The monoisotopic (exact) mass is 212 g/mol. The van der Waals surface area contributed by atoms with Crippen LogP contribution in [-0.4, -0.2) is 18.3 Å². The Morgan fingerprint density at radius 2 is 2.20 bits per heavy atom. The van der Waals surface area contributed by atoms with Gasteiger partial charge in [0.2, 0.25) is 0 Å². The van der Waals surface area contributed by atoms with Gasteiger partial charge in [-0.05, 0) is 36.6 Å². The summed E-state index contributed by atoms with van der Waals surface area (Å²) in [5.41, 5.74) is 1.48. The van der Waals surface area contributed by atoms with Crippen molar-refractivity contribution in [2.75, 3.05) is 13.2 Å². The topological polar surface area (TPSA) is 29.5 Å². The molecule has 15 heavy (non-hydrogen) atoms. The molecule has 0 aliphatic rings. The molecule has 0 heterocycles. The van der Waals surface area contributed by atoms with Gasteiger partial charge in [-0.3, -0.25) is 0 Å². The number of aliphatic hydroxyl groups excluding tert-OH is 1. The largest absolute Gasteiger partial charge is 0.386 e. The third-order valence-electron chi connectivity index (χ3n) is 2.22. The highest BCUT2D eigenvalue weighted by Crippen LogP contribution is 2.19. The van der Waals surface area contributed by atoms with Crippen molar-refractivity contribution < 1.29 is 14.2 Å². The van der Waals surface area contributed by atoms with E-state index in [0.29, 0.717) is 12.2 Å². The van der Waals surface area contributed by atoms with Crippen LogP contribution in [-0.2, 0) is 4.74 Å². The molecular formula is C12H17FO2. The summed E-state index contributed by atoms with van der Waals surface area (Å²) < 4.78 is 18.2. The van der Waals surface area contributed by atoms with Gasteiger partial charge in [-0.25, -0.2) is 4.39 Å². The van der Waals surface area contributed by atoms with Crippen LogP contribution in [0.4, 0.5) is 4.39 Å². The summed E-state index contributed by atoms with van der Waals surface area (Å²) in [4.78, 5) is 0. The van der Waals surface area contributed by atoms with E-state index in [-0.39, 0.29) is 12.4 Å². The Labute approximate surface area is 89.7 Å². The Hall–Kier alpha value is -0.930. The minimum atomic E-state index is -0.743. The van der Waals surface area contributed by atoms with Crippen LogP contribution in [0.15, 0.2) is 18.2 Å². The van der Waals surface area contributed by atoms with E-state index >= 15 is 0 Å². The zero-order chi connectivity index (χ0) is 11.3. The van der Waals surface area contributed by atoms with E-state index in [1.165, 1.54) is 12.1 Å². The van der Waals surface area contributed by atoms with Gasteiger partial charge < -0.3 is 9.84 Å². The lowest BCUT2D eigenvalue weighted by molar-refractivity contribution is 0.0359. The molecule has 0 saturated heterocycles. The van der Waals surface area contributed by atoms with Gasteiger partial charge in [-0.2, -0.15) is 0 Å². The molecule has 0 bridgehead atoms. The van der Waals surface area contributed by atoms with Gasteiger partial charge in [-0.1, -0.05) is 13.0 Å².